The summed E-state index contributed by atoms with van der Waals surface area (Å²) in [5.74, 6) is 0.319. The Morgan fingerprint density at radius 1 is 1.08 bits per heavy atom. The van der Waals surface area contributed by atoms with Crippen LogP contribution in [-0.4, -0.2) is 30.9 Å². The van der Waals surface area contributed by atoms with Crippen LogP contribution in [0.2, 0.25) is 0 Å². The molecule has 2 rings (SSSR count). The summed E-state index contributed by atoms with van der Waals surface area (Å²) in [5.41, 5.74) is 3.44. The monoisotopic (exact) mass is 353 g/mol. The first-order valence-electron chi connectivity index (χ1n) is 8.86. The van der Waals surface area contributed by atoms with Gasteiger partial charge in [-0.25, -0.2) is 4.79 Å². The third kappa shape index (κ3) is 5.09. The maximum absolute atomic E-state index is 12.3. The molecule has 0 saturated carbocycles. The van der Waals surface area contributed by atoms with Gasteiger partial charge in [0.25, 0.3) is 5.91 Å². The minimum atomic E-state index is -0.259. The Morgan fingerprint density at radius 2 is 1.81 bits per heavy atom. The van der Waals surface area contributed by atoms with Crippen molar-refractivity contribution in [1.29, 1.82) is 0 Å². The average molecular weight is 353 g/mol. The predicted octanol–water partition coefficient (Wildman–Crippen LogP) is 4.22. The van der Waals surface area contributed by atoms with Gasteiger partial charge in [-0.3, -0.25) is 4.79 Å². The van der Waals surface area contributed by atoms with E-state index in [0.717, 1.165) is 23.2 Å². The zero-order valence-corrected chi connectivity index (χ0v) is 15.9. The Labute approximate surface area is 155 Å². The van der Waals surface area contributed by atoms with Crippen molar-refractivity contribution in [2.45, 2.75) is 32.7 Å². The van der Waals surface area contributed by atoms with E-state index in [1.54, 1.807) is 26.2 Å². The van der Waals surface area contributed by atoms with E-state index < -0.39 is 0 Å². The van der Waals surface area contributed by atoms with Crippen LogP contribution in [-0.2, 0) is 6.54 Å². The van der Waals surface area contributed by atoms with E-state index in [2.05, 4.69) is 24.5 Å². The summed E-state index contributed by atoms with van der Waals surface area (Å²) in [6.45, 7) is 4.63. The number of anilines is 1. The summed E-state index contributed by atoms with van der Waals surface area (Å²) in [7, 11) is 3.44. The second-order valence-electron chi connectivity index (χ2n) is 6.60. The molecule has 0 heterocycles. The van der Waals surface area contributed by atoms with Gasteiger partial charge in [-0.2, -0.15) is 0 Å². The molecule has 2 aromatic carbocycles. The lowest BCUT2D eigenvalue weighted by Crippen LogP contribution is -2.29. The van der Waals surface area contributed by atoms with Gasteiger partial charge >= 0.3 is 6.03 Å². The number of hydrogen-bond acceptors (Lipinski definition) is 2. The summed E-state index contributed by atoms with van der Waals surface area (Å²) in [4.78, 5) is 25.8. The maximum Gasteiger partial charge on any atom is 0.319 e. The SMILES string of the molecule is CCC(C)c1ccccc1NC(=O)NCc1cccc(C(=O)N(C)C)c1. The van der Waals surface area contributed by atoms with Crippen LogP contribution in [0.1, 0.15) is 47.7 Å². The summed E-state index contributed by atoms with van der Waals surface area (Å²) in [6, 6.07) is 14.9. The molecular formula is C21H27N3O2. The Balaban J connectivity index is 2.00. The number of nitrogens with one attached hydrogen (secondary N) is 2. The number of carbonyl (C=O) groups is 2. The molecule has 0 aliphatic carbocycles. The van der Waals surface area contributed by atoms with Crippen LogP contribution in [0.25, 0.3) is 0 Å². The van der Waals surface area contributed by atoms with Crippen molar-refractivity contribution in [2.24, 2.45) is 0 Å². The summed E-state index contributed by atoms with van der Waals surface area (Å²) in [6.07, 6.45) is 1.01. The topological polar surface area (TPSA) is 61.4 Å². The summed E-state index contributed by atoms with van der Waals surface area (Å²) in [5, 5.41) is 5.78. The zero-order chi connectivity index (χ0) is 19.1. The number of urea groups is 1. The van der Waals surface area contributed by atoms with Crippen molar-refractivity contribution in [3.05, 3.63) is 65.2 Å². The van der Waals surface area contributed by atoms with E-state index in [-0.39, 0.29) is 11.9 Å². The molecule has 3 amide bonds. The molecular weight excluding hydrogens is 326 g/mol. The van der Waals surface area contributed by atoms with Gasteiger partial charge in [-0.05, 0) is 41.7 Å². The molecule has 5 nitrogen and oxygen atoms in total. The van der Waals surface area contributed by atoms with Gasteiger partial charge < -0.3 is 15.5 Å². The van der Waals surface area contributed by atoms with Gasteiger partial charge in [0.15, 0.2) is 0 Å². The minimum absolute atomic E-state index is 0.0567. The maximum atomic E-state index is 12.3. The zero-order valence-electron chi connectivity index (χ0n) is 15.9. The van der Waals surface area contributed by atoms with E-state index in [4.69, 9.17) is 0 Å². The molecule has 0 aliphatic heterocycles. The molecule has 5 heteroatoms. The van der Waals surface area contributed by atoms with E-state index in [0.29, 0.717) is 18.0 Å². The molecule has 26 heavy (non-hydrogen) atoms. The van der Waals surface area contributed by atoms with Crippen LogP contribution in [0.3, 0.4) is 0 Å². The van der Waals surface area contributed by atoms with Crippen molar-refractivity contribution in [1.82, 2.24) is 10.2 Å². The van der Waals surface area contributed by atoms with Crippen LogP contribution in [0.5, 0.6) is 0 Å². The highest BCUT2D eigenvalue weighted by atomic mass is 16.2. The molecule has 1 atom stereocenters. The second-order valence-corrected chi connectivity index (χ2v) is 6.60. The number of benzene rings is 2. The number of carbonyl (C=O) groups excluding carboxylic acids is 2. The van der Waals surface area contributed by atoms with Crippen LogP contribution in [0.15, 0.2) is 48.5 Å². The Morgan fingerprint density at radius 3 is 2.50 bits per heavy atom. The van der Waals surface area contributed by atoms with Gasteiger partial charge in [-0.15, -0.1) is 0 Å². The molecule has 0 bridgehead atoms. The predicted molar refractivity (Wildman–Crippen MR) is 105 cm³/mol. The fourth-order valence-corrected chi connectivity index (χ4v) is 2.68. The van der Waals surface area contributed by atoms with Crippen molar-refractivity contribution in [3.63, 3.8) is 0 Å². The quantitative estimate of drug-likeness (QED) is 0.816. The Kier molecular flexibility index (Phi) is 6.78. The van der Waals surface area contributed by atoms with Crippen molar-refractivity contribution >= 4 is 17.6 Å². The molecule has 1 unspecified atom stereocenters. The lowest BCUT2D eigenvalue weighted by atomic mass is 9.97. The molecule has 0 aromatic heterocycles. The summed E-state index contributed by atoms with van der Waals surface area (Å²) < 4.78 is 0. The molecule has 2 N–H and O–H groups in total. The first kappa shape index (κ1) is 19.5. The van der Waals surface area contributed by atoms with Crippen molar-refractivity contribution in [2.75, 3.05) is 19.4 Å². The van der Waals surface area contributed by atoms with E-state index in [1.807, 2.05) is 36.4 Å². The van der Waals surface area contributed by atoms with E-state index in [9.17, 15) is 9.59 Å². The third-order valence-corrected chi connectivity index (χ3v) is 4.39. The van der Waals surface area contributed by atoms with Crippen molar-refractivity contribution < 1.29 is 9.59 Å². The fraction of sp³-hybridized carbons (Fsp3) is 0.333. The number of para-hydroxylation sites is 1. The summed E-state index contributed by atoms with van der Waals surface area (Å²) >= 11 is 0. The average Bonchev–Trinajstić information content (AvgIpc) is 2.65. The van der Waals surface area contributed by atoms with Gasteiger partial charge in [0.2, 0.25) is 0 Å². The normalized spacial score (nSPS) is 11.5. The standard InChI is InChI=1S/C21H27N3O2/c1-5-15(2)18-11-6-7-12-19(18)23-21(26)22-14-16-9-8-10-17(13-16)20(25)24(3)4/h6-13,15H,5,14H2,1-4H3,(H2,22,23,26). The smallest absolute Gasteiger partial charge is 0.319 e. The van der Waals surface area contributed by atoms with Gasteiger partial charge in [-0.1, -0.05) is 44.2 Å². The molecule has 0 saturated heterocycles. The van der Waals surface area contributed by atoms with Gasteiger partial charge in [0, 0.05) is 31.9 Å². The van der Waals surface area contributed by atoms with Crippen LogP contribution < -0.4 is 10.6 Å². The molecule has 138 valence electrons. The van der Waals surface area contributed by atoms with Gasteiger partial charge in [0.1, 0.15) is 0 Å². The molecule has 0 fully saturated rings. The number of amides is 3. The van der Waals surface area contributed by atoms with Crippen LogP contribution >= 0.6 is 0 Å². The molecule has 2 aromatic rings. The van der Waals surface area contributed by atoms with E-state index >= 15 is 0 Å². The Hall–Kier alpha value is -2.82. The van der Waals surface area contributed by atoms with Gasteiger partial charge in [0.05, 0.1) is 0 Å². The first-order chi connectivity index (χ1) is 12.4. The number of nitrogens with zero attached hydrogens (tertiary/aromatic N) is 1. The van der Waals surface area contributed by atoms with E-state index in [1.165, 1.54) is 4.90 Å². The van der Waals surface area contributed by atoms with Crippen molar-refractivity contribution in [3.8, 4) is 0 Å². The molecule has 0 spiro atoms. The second kappa shape index (κ2) is 9.04. The Bertz CT molecular complexity index is 771. The molecule has 0 radical (unpaired) electrons. The van der Waals surface area contributed by atoms with Crippen LogP contribution in [0, 0.1) is 0 Å². The highest BCUT2D eigenvalue weighted by Gasteiger charge is 2.11. The highest BCUT2D eigenvalue weighted by molar-refractivity contribution is 5.94. The van der Waals surface area contributed by atoms with Crippen LogP contribution in [0.4, 0.5) is 10.5 Å². The number of rotatable bonds is 6. The first-order valence-corrected chi connectivity index (χ1v) is 8.86. The minimum Gasteiger partial charge on any atom is -0.345 e. The largest absolute Gasteiger partial charge is 0.345 e. The fourth-order valence-electron chi connectivity index (χ4n) is 2.68. The number of hydrogen-bond donors (Lipinski definition) is 2. The highest BCUT2D eigenvalue weighted by Crippen LogP contribution is 2.26. The lowest BCUT2D eigenvalue weighted by molar-refractivity contribution is 0.0827. The third-order valence-electron chi connectivity index (χ3n) is 4.39. The lowest BCUT2D eigenvalue weighted by Gasteiger charge is -2.16. The molecule has 0 aliphatic rings.